The van der Waals surface area contributed by atoms with Crippen molar-refractivity contribution in [2.45, 2.75) is 12.8 Å². The van der Waals surface area contributed by atoms with E-state index in [2.05, 4.69) is 34.2 Å². The highest BCUT2D eigenvalue weighted by molar-refractivity contribution is 5.98. The fourth-order valence-corrected chi connectivity index (χ4v) is 3.65. The van der Waals surface area contributed by atoms with Crippen LogP contribution in [0.3, 0.4) is 0 Å². The van der Waals surface area contributed by atoms with Crippen LogP contribution in [0.2, 0.25) is 0 Å². The molecule has 0 unspecified atom stereocenters. The highest BCUT2D eigenvalue weighted by atomic mass is 16.5. The maximum Gasteiger partial charge on any atom is 0.182 e. The summed E-state index contributed by atoms with van der Waals surface area (Å²) >= 11 is 0. The molecule has 2 aliphatic heterocycles. The normalized spacial score (nSPS) is 15.6. The Balaban J connectivity index is 1.58. The van der Waals surface area contributed by atoms with E-state index < -0.39 is 0 Å². The van der Waals surface area contributed by atoms with Crippen molar-refractivity contribution in [2.75, 3.05) is 27.3 Å². The molecular formula is C23H24N2O3. The minimum absolute atomic E-state index is 0.0845. The number of ketones is 1. The number of hydrogen-bond acceptors (Lipinski definition) is 5. The zero-order valence-corrected chi connectivity index (χ0v) is 16.2. The van der Waals surface area contributed by atoms with Crippen molar-refractivity contribution in [1.82, 2.24) is 9.80 Å². The largest absolute Gasteiger partial charge is 0.497 e. The lowest BCUT2D eigenvalue weighted by Gasteiger charge is -2.30. The predicted octanol–water partition coefficient (Wildman–Crippen LogP) is 4.14. The maximum absolute atomic E-state index is 12.8. The summed E-state index contributed by atoms with van der Waals surface area (Å²) in [7, 11) is 3.29. The third-order valence-corrected chi connectivity index (χ3v) is 5.16. The molecule has 5 nitrogen and oxygen atoms in total. The van der Waals surface area contributed by atoms with Crippen molar-refractivity contribution in [3.8, 4) is 11.5 Å². The van der Waals surface area contributed by atoms with Crippen LogP contribution in [0.5, 0.6) is 11.5 Å². The summed E-state index contributed by atoms with van der Waals surface area (Å²) in [5.41, 5.74) is 2.93. The molecule has 4 rings (SSSR count). The second-order valence-corrected chi connectivity index (χ2v) is 6.88. The molecule has 0 fully saturated rings. The van der Waals surface area contributed by atoms with Crippen LogP contribution in [0, 0.1) is 0 Å². The summed E-state index contributed by atoms with van der Waals surface area (Å²) in [6.45, 7) is 1.27. The van der Waals surface area contributed by atoms with Gasteiger partial charge in [-0.15, -0.1) is 0 Å². The van der Waals surface area contributed by atoms with E-state index in [0.717, 1.165) is 48.0 Å². The van der Waals surface area contributed by atoms with Crippen LogP contribution in [0.15, 0.2) is 66.6 Å². The molecule has 0 aromatic heterocycles. The van der Waals surface area contributed by atoms with Gasteiger partial charge in [-0.3, -0.25) is 4.79 Å². The topological polar surface area (TPSA) is 42.0 Å². The van der Waals surface area contributed by atoms with Crippen LogP contribution in [-0.2, 0) is 0 Å². The lowest BCUT2D eigenvalue weighted by atomic mass is 10.1. The SMILES string of the molecule is COc1ccc(C(=O)CN2C=C(c3ccc(OC)cc3)N3CCCC=C23)cc1. The second-order valence-electron chi connectivity index (χ2n) is 6.88. The summed E-state index contributed by atoms with van der Waals surface area (Å²) in [4.78, 5) is 17.2. The molecule has 0 amide bonds. The fraction of sp³-hybridized carbons (Fsp3) is 0.261. The third kappa shape index (κ3) is 3.48. The van der Waals surface area contributed by atoms with E-state index in [4.69, 9.17) is 9.47 Å². The van der Waals surface area contributed by atoms with Crippen LogP contribution in [-0.4, -0.2) is 42.9 Å². The summed E-state index contributed by atoms with van der Waals surface area (Å²) < 4.78 is 10.4. The van der Waals surface area contributed by atoms with Gasteiger partial charge in [0.05, 0.1) is 26.5 Å². The molecular weight excluding hydrogens is 352 g/mol. The Labute approximate surface area is 165 Å². The molecule has 2 aromatic carbocycles. The Morgan fingerprint density at radius 2 is 1.61 bits per heavy atom. The number of rotatable bonds is 6. The number of hydrogen-bond donors (Lipinski definition) is 0. The number of ether oxygens (including phenoxy) is 2. The number of benzene rings is 2. The Morgan fingerprint density at radius 1 is 0.964 bits per heavy atom. The highest BCUT2D eigenvalue weighted by Crippen LogP contribution is 2.36. The summed E-state index contributed by atoms with van der Waals surface area (Å²) in [6.07, 6.45) is 6.44. The number of fused-ring (bicyclic) bond motifs is 1. The lowest BCUT2D eigenvalue weighted by Crippen LogP contribution is -2.30. The molecule has 0 spiro atoms. The number of Topliss-reactive ketones (excluding diaryl/α,β-unsaturated/α-hetero) is 1. The van der Waals surface area contributed by atoms with Gasteiger partial charge in [-0.2, -0.15) is 0 Å². The molecule has 0 bridgehead atoms. The zero-order valence-electron chi connectivity index (χ0n) is 16.2. The van der Waals surface area contributed by atoms with E-state index in [1.54, 1.807) is 14.2 Å². The first-order chi connectivity index (χ1) is 13.7. The monoisotopic (exact) mass is 376 g/mol. The number of carbonyl (C=O) groups excluding carboxylic acids is 1. The van der Waals surface area contributed by atoms with Gasteiger partial charge in [-0.25, -0.2) is 0 Å². The van der Waals surface area contributed by atoms with Gasteiger partial charge in [0.15, 0.2) is 5.78 Å². The Morgan fingerprint density at radius 3 is 2.25 bits per heavy atom. The van der Waals surface area contributed by atoms with Gasteiger partial charge < -0.3 is 19.3 Å². The molecule has 2 aliphatic rings. The number of carbonyl (C=O) groups is 1. The average molecular weight is 376 g/mol. The van der Waals surface area contributed by atoms with E-state index in [-0.39, 0.29) is 5.78 Å². The standard InChI is InChI=1S/C23H24N2O3/c1-27-19-10-6-17(7-11-19)21-15-24(23-5-3-4-14-25(21)23)16-22(26)18-8-12-20(28-2)13-9-18/h5-13,15H,3-4,14,16H2,1-2H3. The van der Waals surface area contributed by atoms with Crippen molar-refractivity contribution in [2.24, 2.45) is 0 Å². The number of allylic oxidation sites excluding steroid dienone is 1. The zero-order chi connectivity index (χ0) is 19.5. The lowest BCUT2D eigenvalue weighted by molar-refractivity contribution is 0.0961. The van der Waals surface area contributed by atoms with Gasteiger partial charge >= 0.3 is 0 Å². The molecule has 2 heterocycles. The van der Waals surface area contributed by atoms with Crippen molar-refractivity contribution < 1.29 is 14.3 Å². The molecule has 0 aliphatic carbocycles. The third-order valence-electron chi connectivity index (χ3n) is 5.16. The van der Waals surface area contributed by atoms with E-state index in [9.17, 15) is 4.79 Å². The molecule has 144 valence electrons. The van der Waals surface area contributed by atoms with Gasteiger partial charge in [0.1, 0.15) is 17.3 Å². The van der Waals surface area contributed by atoms with E-state index >= 15 is 0 Å². The average Bonchev–Trinajstić information content (AvgIpc) is 3.12. The maximum atomic E-state index is 12.8. The smallest absolute Gasteiger partial charge is 0.182 e. The minimum Gasteiger partial charge on any atom is -0.497 e. The molecule has 28 heavy (non-hydrogen) atoms. The van der Waals surface area contributed by atoms with Crippen molar-refractivity contribution in [1.29, 1.82) is 0 Å². The van der Waals surface area contributed by atoms with Gasteiger partial charge in [0.25, 0.3) is 0 Å². The molecule has 0 saturated heterocycles. The van der Waals surface area contributed by atoms with Crippen LogP contribution < -0.4 is 9.47 Å². The van der Waals surface area contributed by atoms with Gasteiger partial charge in [-0.05, 0) is 73.0 Å². The van der Waals surface area contributed by atoms with E-state index in [1.165, 1.54) is 0 Å². The molecule has 2 aromatic rings. The van der Waals surface area contributed by atoms with Crippen LogP contribution in [0.4, 0.5) is 0 Å². The number of methoxy groups -OCH3 is 2. The fourth-order valence-electron chi connectivity index (χ4n) is 3.65. The first kappa shape index (κ1) is 18.2. The Bertz CT molecular complexity index is 914. The summed E-state index contributed by atoms with van der Waals surface area (Å²) in [6, 6.07) is 15.3. The Kier molecular flexibility index (Phi) is 5.06. The van der Waals surface area contributed by atoms with Crippen molar-refractivity contribution in [3.63, 3.8) is 0 Å². The molecule has 0 atom stereocenters. The molecule has 0 radical (unpaired) electrons. The molecule has 0 saturated carbocycles. The van der Waals surface area contributed by atoms with Gasteiger partial charge in [0, 0.05) is 18.3 Å². The van der Waals surface area contributed by atoms with E-state index in [1.807, 2.05) is 36.4 Å². The predicted molar refractivity (Wildman–Crippen MR) is 109 cm³/mol. The first-order valence-corrected chi connectivity index (χ1v) is 9.47. The summed E-state index contributed by atoms with van der Waals surface area (Å²) in [5.74, 6) is 2.77. The second kappa shape index (κ2) is 7.80. The number of nitrogens with zero attached hydrogens (tertiary/aromatic N) is 2. The first-order valence-electron chi connectivity index (χ1n) is 9.47. The Hall–Kier alpha value is -3.21. The van der Waals surface area contributed by atoms with Crippen molar-refractivity contribution in [3.05, 3.63) is 77.8 Å². The van der Waals surface area contributed by atoms with E-state index in [0.29, 0.717) is 12.1 Å². The van der Waals surface area contributed by atoms with Gasteiger partial charge in [-0.1, -0.05) is 0 Å². The minimum atomic E-state index is 0.0845. The van der Waals surface area contributed by atoms with Crippen LogP contribution in [0.1, 0.15) is 28.8 Å². The molecule has 5 heteroatoms. The van der Waals surface area contributed by atoms with Crippen LogP contribution >= 0.6 is 0 Å². The molecule has 0 N–H and O–H groups in total. The quantitative estimate of drug-likeness (QED) is 0.709. The van der Waals surface area contributed by atoms with Gasteiger partial charge in [0.2, 0.25) is 0 Å². The summed E-state index contributed by atoms with van der Waals surface area (Å²) in [5, 5.41) is 0. The van der Waals surface area contributed by atoms with Crippen molar-refractivity contribution >= 4 is 11.5 Å². The highest BCUT2D eigenvalue weighted by Gasteiger charge is 2.30. The van der Waals surface area contributed by atoms with Crippen LogP contribution in [0.25, 0.3) is 5.70 Å².